The molecule has 0 rings (SSSR count). The van der Waals surface area contributed by atoms with E-state index in [1.807, 2.05) is 6.92 Å². The van der Waals surface area contributed by atoms with Crippen molar-refractivity contribution < 1.29 is 92.9 Å². The van der Waals surface area contributed by atoms with Gasteiger partial charge < -0.3 is 4.74 Å². The lowest BCUT2D eigenvalue weighted by molar-refractivity contribution is -0.467. The molecule has 0 aliphatic rings. The monoisotopic (exact) mass is 710 g/mol. The summed E-state index contributed by atoms with van der Waals surface area (Å²) in [4.78, 5) is 11.3. The standard InChI is InChI=1S/C24H29F19O2/c1-2-3-4-5-6-7-8-9-10-11-12-13-14-45-15(44)16(25,26)17(27,28)18(29,30)19(31,32)20(33,34)21(35,36)22(37,38)23(39,40)24(41,42)43/h2-14H2,1H3. The van der Waals surface area contributed by atoms with Gasteiger partial charge in [-0.2, -0.15) is 83.4 Å². The average Bonchev–Trinajstić information content (AvgIpc) is 2.89. The Balaban J connectivity index is 5.56. The highest BCUT2D eigenvalue weighted by Crippen LogP contribution is 2.65. The van der Waals surface area contributed by atoms with E-state index in [0.717, 1.165) is 44.9 Å². The SMILES string of the molecule is CCCCCCCCCCCCCCOC(=O)C(F)(F)C(F)(F)C(F)(F)C(F)(F)C(F)(F)C(F)(F)C(F)(F)C(F)(F)C(F)(F)F. The first kappa shape index (κ1) is 43.1. The molecule has 0 heterocycles. The van der Waals surface area contributed by atoms with Crippen LogP contribution >= 0.6 is 0 Å². The molecule has 0 aromatic heterocycles. The summed E-state index contributed by atoms with van der Waals surface area (Å²) in [6.45, 7) is 0.773. The predicted octanol–water partition coefficient (Wildman–Crippen LogP) is 10.9. The number of hydrogen-bond donors (Lipinski definition) is 0. The number of unbranched alkanes of at least 4 members (excludes halogenated alkanes) is 11. The molecule has 0 spiro atoms. The van der Waals surface area contributed by atoms with Crippen LogP contribution in [-0.2, 0) is 9.53 Å². The highest BCUT2D eigenvalue weighted by Gasteiger charge is 2.97. The number of carbonyl (C=O) groups excluding carboxylic acids is 1. The molecule has 0 N–H and O–H groups in total. The van der Waals surface area contributed by atoms with Crippen LogP contribution in [0, 0.1) is 0 Å². The van der Waals surface area contributed by atoms with E-state index in [2.05, 4.69) is 4.74 Å². The van der Waals surface area contributed by atoms with Crippen molar-refractivity contribution in [2.45, 2.75) is 138 Å². The zero-order valence-corrected chi connectivity index (χ0v) is 23.2. The van der Waals surface area contributed by atoms with Crippen LogP contribution < -0.4 is 0 Å². The molecule has 0 radical (unpaired) electrons. The van der Waals surface area contributed by atoms with E-state index in [1.54, 1.807) is 0 Å². The Morgan fingerprint density at radius 1 is 0.400 bits per heavy atom. The smallest absolute Gasteiger partial charge is 0.460 e. The van der Waals surface area contributed by atoms with Gasteiger partial charge in [0.25, 0.3) is 0 Å². The van der Waals surface area contributed by atoms with Crippen LogP contribution in [0.2, 0.25) is 0 Å². The van der Waals surface area contributed by atoms with Crippen LogP contribution in [0.1, 0.15) is 84.0 Å². The van der Waals surface area contributed by atoms with Gasteiger partial charge in [0.1, 0.15) is 0 Å². The van der Waals surface area contributed by atoms with Crippen LogP contribution in [0.25, 0.3) is 0 Å². The Bertz CT molecular complexity index is 928. The maximum absolute atomic E-state index is 13.9. The molecular formula is C24H29F19O2. The Morgan fingerprint density at radius 2 is 0.667 bits per heavy atom. The fraction of sp³-hybridized carbons (Fsp3) is 0.958. The van der Waals surface area contributed by atoms with Gasteiger partial charge in [-0.1, -0.05) is 77.6 Å². The molecule has 0 saturated heterocycles. The predicted molar refractivity (Wildman–Crippen MR) is 118 cm³/mol. The van der Waals surface area contributed by atoms with Crippen LogP contribution in [0.15, 0.2) is 0 Å². The van der Waals surface area contributed by atoms with E-state index in [0.29, 0.717) is 19.3 Å². The second-order valence-electron chi connectivity index (χ2n) is 10.1. The molecule has 0 bridgehead atoms. The Hall–Kier alpha value is -1.86. The van der Waals surface area contributed by atoms with Crippen molar-refractivity contribution in [1.29, 1.82) is 0 Å². The minimum atomic E-state index is -9.03. The molecule has 0 aromatic carbocycles. The molecule has 0 aromatic rings. The molecule has 270 valence electrons. The van der Waals surface area contributed by atoms with Gasteiger partial charge in [0.2, 0.25) is 0 Å². The Labute approximate surface area is 244 Å². The quantitative estimate of drug-likeness (QED) is 0.0674. The van der Waals surface area contributed by atoms with Crippen molar-refractivity contribution >= 4 is 5.97 Å². The first-order valence-electron chi connectivity index (χ1n) is 13.2. The number of rotatable bonds is 21. The molecule has 45 heavy (non-hydrogen) atoms. The van der Waals surface area contributed by atoms with Gasteiger partial charge in [-0.05, 0) is 6.42 Å². The van der Waals surface area contributed by atoms with E-state index < -0.39 is 72.6 Å². The summed E-state index contributed by atoms with van der Waals surface area (Å²) >= 11 is 0. The fourth-order valence-corrected chi connectivity index (χ4v) is 3.69. The zero-order chi connectivity index (χ0) is 36.0. The minimum absolute atomic E-state index is 0.0536. The van der Waals surface area contributed by atoms with Gasteiger partial charge in [-0.15, -0.1) is 0 Å². The van der Waals surface area contributed by atoms with E-state index in [4.69, 9.17) is 0 Å². The van der Waals surface area contributed by atoms with Gasteiger partial charge >= 0.3 is 59.5 Å². The maximum atomic E-state index is 13.9. The van der Waals surface area contributed by atoms with Crippen LogP contribution in [0.3, 0.4) is 0 Å². The second-order valence-corrected chi connectivity index (χ2v) is 10.1. The minimum Gasteiger partial charge on any atom is -0.461 e. The molecule has 0 fully saturated rings. The summed E-state index contributed by atoms with van der Waals surface area (Å²) in [5.41, 5.74) is 0. The van der Waals surface area contributed by atoms with Gasteiger partial charge in [-0.25, -0.2) is 4.79 Å². The molecule has 0 aliphatic heterocycles. The Morgan fingerprint density at radius 3 is 0.978 bits per heavy atom. The van der Waals surface area contributed by atoms with Crippen LogP contribution in [-0.4, -0.2) is 66.1 Å². The van der Waals surface area contributed by atoms with Crippen molar-refractivity contribution in [2.24, 2.45) is 0 Å². The molecule has 0 aliphatic carbocycles. The summed E-state index contributed by atoms with van der Waals surface area (Å²) in [6.07, 6.45) is 0.329. The highest BCUT2D eigenvalue weighted by atomic mass is 19.4. The number of halogens is 19. The maximum Gasteiger partial charge on any atom is 0.460 e. The van der Waals surface area contributed by atoms with Crippen molar-refractivity contribution in [3.8, 4) is 0 Å². The lowest BCUT2D eigenvalue weighted by Gasteiger charge is -2.43. The number of esters is 1. The first-order valence-corrected chi connectivity index (χ1v) is 13.2. The molecule has 0 saturated carbocycles. The van der Waals surface area contributed by atoms with E-state index in [9.17, 15) is 88.2 Å². The Kier molecular flexibility index (Phi) is 14.3. The fourth-order valence-electron chi connectivity index (χ4n) is 3.69. The first-order chi connectivity index (χ1) is 20.0. The third-order valence-electron chi connectivity index (χ3n) is 6.60. The average molecular weight is 710 g/mol. The molecule has 0 unspecified atom stereocenters. The topological polar surface area (TPSA) is 26.3 Å². The number of ether oxygens (including phenoxy) is 1. The van der Waals surface area contributed by atoms with Gasteiger partial charge in [-0.3, -0.25) is 0 Å². The van der Waals surface area contributed by atoms with Crippen molar-refractivity contribution in [3.05, 3.63) is 0 Å². The van der Waals surface area contributed by atoms with Gasteiger partial charge in [0.05, 0.1) is 6.61 Å². The van der Waals surface area contributed by atoms with Gasteiger partial charge in [0.15, 0.2) is 0 Å². The third-order valence-corrected chi connectivity index (χ3v) is 6.60. The van der Waals surface area contributed by atoms with E-state index in [-0.39, 0.29) is 6.42 Å². The largest absolute Gasteiger partial charge is 0.461 e. The van der Waals surface area contributed by atoms with Crippen molar-refractivity contribution in [1.82, 2.24) is 0 Å². The lowest BCUT2D eigenvalue weighted by Crippen LogP contribution is -2.76. The van der Waals surface area contributed by atoms with E-state index >= 15 is 0 Å². The summed E-state index contributed by atoms with van der Waals surface area (Å²) in [6, 6.07) is 0. The normalized spacial score (nSPS) is 15.0. The van der Waals surface area contributed by atoms with Crippen LogP contribution in [0.4, 0.5) is 83.4 Å². The summed E-state index contributed by atoms with van der Waals surface area (Å²) < 4.78 is 257. The summed E-state index contributed by atoms with van der Waals surface area (Å²) in [5, 5.41) is 0. The molecule has 2 nitrogen and oxygen atoms in total. The molecule has 21 heteroatoms. The lowest BCUT2D eigenvalue weighted by atomic mass is 9.87. The zero-order valence-electron chi connectivity index (χ0n) is 23.2. The number of hydrogen-bond acceptors (Lipinski definition) is 2. The molecular weight excluding hydrogens is 681 g/mol. The molecule has 0 amide bonds. The summed E-state index contributed by atoms with van der Waals surface area (Å²) in [5.74, 6) is -72.1. The number of carbonyl (C=O) groups is 1. The van der Waals surface area contributed by atoms with Crippen molar-refractivity contribution in [2.75, 3.05) is 6.61 Å². The number of alkyl halides is 19. The van der Waals surface area contributed by atoms with Gasteiger partial charge in [0, 0.05) is 0 Å². The second kappa shape index (κ2) is 14.9. The van der Waals surface area contributed by atoms with E-state index in [1.165, 1.54) is 0 Å². The van der Waals surface area contributed by atoms with Crippen molar-refractivity contribution in [3.63, 3.8) is 0 Å². The summed E-state index contributed by atoms with van der Waals surface area (Å²) in [7, 11) is 0. The molecule has 0 atom stereocenters. The highest BCUT2D eigenvalue weighted by molar-refractivity contribution is 5.79. The third kappa shape index (κ3) is 8.17. The van der Waals surface area contributed by atoms with Crippen LogP contribution in [0.5, 0.6) is 0 Å².